The fourth-order valence-corrected chi connectivity index (χ4v) is 2.83. The number of nitrogens with zero attached hydrogens (tertiary/aromatic N) is 2. The van der Waals surface area contributed by atoms with Gasteiger partial charge in [-0.3, -0.25) is 0 Å². The highest BCUT2D eigenvalue weighted by molar-refractivity contribution is 5.77. The third-order valence-corrected chi connectivity index (χ3v) is 3.92. The minimum Gasteiger partial charge on any atom is -0.355 e. The average molecular weight is 312 g/mol. The lowest BCUT2D eigenvalue weighted by Crippen LogP contribution is -1.75. The van der Waals surface area contributed by atoms with Crippen LogP contribution in [0.15, 0.2) is 48.5 Å². The van der Waals surface area contributed by atoms with Gasteiger partial charge in [-0.05, 0) is 72.8 Å². The van der Waals surface area contributed by atoms with Gasteiger partial charge in [0.1, 0.15) is 0 Å². The summed E-state index contributed by atoms with van der Waals surface area (Å²) in [5.74, 6) is 0. The molecule has 8 bridgehead atoms. The van der Waals surface area contributed by atoms with E-state index in [9.17, 15) is 0 Å². The molecule has 5 heterocycles. The molecule has 4 nitrogen and oxygen atoms in total. The summed E-state index contributed by atoms with van der Waals surface area (Å²) >= 11 is 0. The van der Waals surface area contributed by atoms with E-state index in [4.69, 9.17) is 2.82 Å². The average Bonchev–Trinajstić information content (AvgIpc) is 3.39. The van der Waals surface area contributed by atoms with Gasteiger partial charge in [0.15, 0.2) is 2.82 Å². The molecule has 2 aliphatic heterocycles. The fraction of sp³-hybridized carbons (Fsp3) is 0. The van der Waals surface area contributed by atoms with E-state index >= 15 is 0 Å². The van der Waals surface area contributed by atoms with Crippen molar-refractivity contribution < 1.29 is 2.82 Å². The number of hydrogen-bond acceptors (Lipinski definition) is 2. The maximum Gasteiger partial charge on any atom is 0.167 e. The Balaban J connectivity index is 1.91. The Morgan fingerprint density at radius 2 is 0.833 bits per heavy atom. The van der Waals surface area contributed by atoms with Gasteiger partial charge in [-0.1, -0.05) is 0 Å². The monoisotopic (exact) mass is 312 g/mol. The molecule has 2 aliphatic rings. The molecule has 0 atom stereocenters. The second kappa shape index (κ2) is 5.06. The van der Waals surface area contributed by atoms with Crippen molar-refractivity contribution in [2.45, 2.75) is 0 Å². The first-order valence-electron chi connectivity index (χ1n) is 8.64. The van der Waals surface area contributed by atoms with Crippen molar-refractivity contribution in [1.29, 1.82) is 0 Å². The lowest BCUT2D eigenvalue weighted by molar-refractivity contribution is 1.31. The summed E-state index contributed by atoms with van der Waals surface area (Å²) in [5.41, 5.74) is 6.12. The normalized spacial score (nSPS) is 13.8. The third-order valence-electron chi connectivity index (χ3n) is 3.92. The van der Waals surface area contributed by atoms with Gasteiger partial charge in [0.2, 0.25) is 0 Å². The second-order valence-electron chi connectivity index (χ2n) is 5.76. The highest BCUT2D eigenvalue weighted by Gasteiger charge is 2.00. The van der Waals surface area contributed by atoms with Gasteiger partial charge in [0.25, 0.3) is 0 Å². The van der Waals surface area contributed by atoms with Crippen LogP contribution < -0.4 is 0 Å². The molecule has 24 heavy (non-hydrogen) atoms. The molecule has 0 saturated heterocycles. The van der Waals surface area contributed by atoms with Crippen molar-refractivity contribution >= 4 is 46.4 Å². The summed E-state index contributed by atoms with van der Waals surface area (Å²) in [4.78, 5) is 11.9. The van der Waals surface area contributed by atoms with Crippen LogP contribution in [0, 0.1) is 0 Å². The van der Waals surface area contributed by atoms with Crippen molar-refractivity contribution in [3.63, 3.8) is 0 Å². The molecule has 0 radical (unpaired) electrons. The Bertz CT molecular complexity index is 1080. The van der Waals surface area contributed by atoms with Crippen LogP contribution in [-0.4, -0.2) is 19.9 Å². The topological polar surface area (TPSA) is 57.4 Å². The standard InChI is InChI=1S/C20H14N4/c1-2-14-10-16-5-6-18(23-16)12-20-8-7-19(24-20)11-17-4-3-15(22-17)9-13(1)21-14/h1-12,21,24H/i/hD2. The number of aromatic amines is 2. The van der Waals surface area contributed by atoms with Gasteiger partial charge >= 0.3 is 0 Å². The maximum atomic E-state index is 8.31. The van der Waals surface area contributed by atoms with Gasteiger partial charge in [0.05, 0.1) is 22.8 Å². The van der Waals surface area contributed by atoms with Crippen molar-refractivity contribution in [3.05, 3.63) is 71.3 Å². The van der Waals surface area contributed by atoms with E-state index in [0.717, 1.165) is 44.8 Å². The maximum absolute atomic E-state index is 8.31. The molecule has 2 N–H and O–H groups in total. The van der Waals surface area contributed by atoms with Crippen molar-refractivity contribution in [2.75, 3.05) is 0 Å². The fourth-order valence-electron chi connectivity index (χ4n) is 2.83. The number of rotatable bonds is 0. The zero-order valence-electron chi connectivity index (χ0n) is 14.7. The van der Waals surface area contributed by atoms with E-state index < -0.39 is 0 Å². The first-order chi connectivity index (χ1) is 12.7. The molecule has 0 aromatic carbocycles. The van der Waals surface area contributed by atoms with Crippen LogP contribution in [0.1, 0.15) is 22.8 Å². The molecular formula is C20H14N4. The molecule has 0 aliphatic carbocycles. The molecule has 3 aromatic heterocycles. The zero-order valence-corrected chi connectivity index (χ0v) is 12.7. The summed E-state index contributed by atoms with van der Waals surface area (Å²) in [5, 5.41) is 0. The zero-order chi connectivity index (χ0) is 17.7. The Hall–Kier alpha value is -3.40. The van der Waals surface area contributed by atoms with Gasteiger partial charge < -0.3 is 9.95 Å². The summed E-state index contributed by atoms with van der Waals surface area (Å²) in [6, 6.07) is 15.1. The minimum atomic E-state index is 0.748. The van der Waals surface area contributed by atoms with E-state index in [1.807, 2.05) is 72.8 Å². The Kier molecular flexibility index (Phi) is 2.36. The van der Waals surface area contributed by atoms with Gasteiger partial charge in [-0.25, -0.2) is 9.97 Å². The Labute approximate surface area is 141 Å². The summed E-state index contributed by atoms with van der Waals surface area (Å²) in [6.07, 6.45) is 7.65. The molecule has 4 heteroatoms. The van der Waals surface area contributed by atoms with E-state index in [2.05, 4.69) is 9.97 Å². The number of hydrogen-bond donors (Lipinski definition) is 2. The minimum absolute atomic E-state index is 0.748. The van der Waals surface area contributed by atoms with E-state index in [-0.39, 0.29) is 0 Å². The molecule has 114 valence electrons. The highest BCUT2D eigenvalue weighted by Crippen LogP contribution is 2.16. The number of aromatic nitrogens is 4. The SMILES string of the molecule is [2H]n1c2ccc1cc1nc(cc3ccc(cc4nc(c2)C=C4)n3[2H])C=C1. The molecule has 0 spiro atoms. The van der Waals surface area contributed by atoms with E-state index in [0.29, 0.717) is 0 Å². The molecule has 3 aromatic rings. The molecule has 0 fully saturated rings. The Morgan fingerprint density at radius 1 is 0.542 bits per heavy atom. The summed E-state index contributed by atoms with van der Waals surface area (Å²) < 4.78 is 16.6. The van der Waals surface area contributed by atoms with Crippen LogP contribution in [0.4, 0.5) is 0 Å². The third kappa shape index (κ3) is 2.44. The molecule has 0 unspecified atom stereocenters. The number of H-pyrrole nitrogens is 2. The van der Waals surface area contributed by atoms with Crippen LogP contribution in [0.5, 0.6) is 0 Å². The largest absolute Gasteiger partial charge is 0.355 e. The molecule has 0 saturated carbocycles. The van der Waals surface area contributed by atoms with Crippen LogP contribution >= 0.6 is 0 Å². The van der Waals surface area contributed by atoms with Gasteiger partial charge in [-0.2, -0.15) is 0 Å². The molecule has 5 rings (SSSR count). The van der Waals surface area contributed by atoms with Crippen molar-refractivity contribution in [1.82, 2.24) is 19.9 Å². The first-order valence-corrected chi connectivity index (χ1v) is 7.74. The highest BCUT2D eigenvalue weighted by atomic mass is 14.8. The number of fused-ring (bicyclic) bond motifs is 8. The van der Waals surface area contributed by atoms with Gasteiger partial charge in [-0.15, -0.1) is 0 Å². The Morgan fingerprint density at radius 3 is 1.12 bits per heavy atom. The van der Waals surface area contributed by atoms with Crippen LogP contribution in [0.25, 0.3) is 46.4 Å². The first kappa shape index (κ1) is 11.2. The van der Waals surface area contributed by atoms with Crippen LogP contribution in [0.2, 0.25) is 2.82 Å². The quantitative estimate of drug-likeness (QED) is 0.437. The second-order valence-corrected chi connectivity index (χ2v) is 5.76. The number of nitrogens with one attached hydrogen (secondary N) is 2. The lowest BCUT2D eigenvalue weighted by Gasteiger charge is -1.85. The van der Waals surface area contributed by atoms with E-state index in [1.165, 1.54) is 9.95 Å². The van der Waals surface area contributed by atoms with Gasteiger partial charge in [0, 0.05) is 22.1 Å². The smallest absolute Gasteiger partial charge is 0.167 e. The predicted octanol–water partition coefficient (Wildman–Crippen LogP) is 4.66. The lowest BCUT2D eigenvalue weighted by atomic mass is 10.3. The van der Waals surface area contributed by atoms with Crippen molar-refractivity contribution in [2.24, 2.45) is 0 Å². The van der Waals surface area contributed by atoms with Crippen LogP contribution in [0.3, 0.4) is 0 Å². The summed E-state index contributed by atoms with van der Waals surface area (Å²) in [6.45, 7) is 0. The van der Waals surface area contributed by atoms with Crippen LogP contribution in [-0.2, 0) is 0 Å². The van der Waals surface area contributed by atoms with E-state index in [1.54, 1.807) is 0 Å². The molecular weight excluding hydrogens is 296 g/mol. The van der Waals surface area contributed by atoms with Crippen molar-refractivity contribution in [3.8, 4) is 0 Å². The predicted molar refractivity (Wildman–Crippen MR) is 98.9 cm³/mol. The summed E-state index contributed by atoms with van der Waals surface area (Å²) in [7, 11) is 0. The molecule has 0 amide bonds.